The monoisotopic (exact) mass is 594 g/mol. The lowest BCUT2D eigenvalue weighted by atomic mass is 10.2. The summed E-state index contributed by atoms with van der Waals surface area (Å²) >= 11 is 0. The van der Waals surface area contributed by atoms with E-state index in [1.54, 1.807) is 33.9 Å². The Morgan fingerprint density at radius 1 is 0.489 bits per heavy atom. The van der Waals surface area contributed by atoms with Crippen molar-refractivity contribution in [1.82, 2.24) is 19.6 Å². The van der Waals surface area contributed by atoms with E-state index < -0.39 is 6.16 Å². The van der Waals surface area contributed by atoms with Gasteiger partial charge < -0.3 is 18.9 Å². The lowest BCUT2D eigenvalue weighted by Gasteiger charge is -2.32. The van der Waals surface area contributed by atoms with Gasteiger partial charge >= 0.3 is 6.16 Å². The molecule has 0 unspecified atom stereocenters. The van der Waals surface area contributed by atoms with Crippen molar-refractivity contribution in [3.05, 3.63) is 132 Å². The number of aromatic nitrogens is 4. The van der Waals surface area contributed by atoms with E-state index in [0.29, 0.717) is 57.1 Å². The van der Waals surface area contributed by atoms with Crippen LogP contribution in [0.3, 0.4) is 0 Å². The van der Waals surface area contributed by atoms with Crippen LogP contribution in [0.4, 0.5) is 11.4 Å². The smallest absolute Gasteiger partial charge is 0.384 e. The topological polar surface area (TPSA) is 97.3 Å². The molecule has 0 bridgehead atoms. The lowest BCUT2D eigenvalue weighted by Crippen LogP contribution is -2.54. The van der Waals surface area contributed by atoms with Gasteiger partial charge in [-0.05, 0) is 62.4 Å². The second-order valence-electron chi connectivity index (χ2n) is 10.5. The Kier molecular flexibility index (Phi) is 6.19. The average Bonchev–Trinajstić information content (AvgIpc) is 3.58. The molecule has 6 aromatic rings. The van der Waals surface area contributed by atoms with Crippen LogP contribution in [0.1, 0.15) is 22.5 Å². The summed E-state index contributed by atoms with van der Waals surface area (Å²) in [7, 11) is 0. The van der Waals surface area contributed by atoms with Gasteiger partial charge in [0.25, 0.3) is 0 Å². The molecule has 10 nitrogen and oxygen atoms in total. The van der Waals surface area contributed by atoms with Gasteiger partial charge in [-0.2, -0.15) is 19.6 Å². The average molecular weight is 595 g/mol. The van der Waals surface area contributed by atoms with Gasteiger partial charge in [0.1, 0.15) is 11.4 Å². The van der Waals surface area contributed by atoms with Crippen molar-refractivity contribution in [2.75, 3.05) is 0 Å². The van der Waals surface area contributed by atoms with E-state index in [9.17, 15) is 0 Å². The molecule has 2 aromatic heterocycles. The van der Waals surface area contributed by atoms with E-state index in [-0.39, 0.29) is 0 Å². The first kappa shape index (κ1) is 26.5. The zero-order chi connectivity index (χ0) is 30.4. The molecule has 45 heavy (non-hydrogen) atoms. The highest BCUT2D eigenvalue weighted by atomic mass is 17.0. The summed E-state index contributed by atoms with van der Waals surface area (Å²) in [6, 6.07) is 34.0. The van der Waals surface area contributed by atoms with Gasteiger partial charge in [-0.3, -0.25) is 9.98 Å². The number of hydrogen-bond acceptors (Lipinski definition) is 8. The van der Waals surface area contributed by atoms with Crippen molar-refractivity contribution in [3.8, 4) is 34.6 Å². The van der Waals surface area contributed by atoms with Crippen LogP contribution < -0.4 is 18.9 Å². The zero-order valence-electron chi connectivity index (χ0n) is 24.4. The van der Waals surface area contributed by atoms with Gasteiger partial charge in [0.2, 0.25) is 11.8 Å². The second-order valence-corrected chi connectivity index (χ2v) is 10.5. The van der Waals surface area contributed by atoms with Crippen LogP contribution in [0.25, 0.3) is 11.4 Å². The van der Waals surface area contributed by atoms with Gasteiger partial charge in [-0.25, -0.2) is 0 Å². The molecule has 4 aromatic carbocycles. The summed E-state index contributed by atoms with van der Waals surface area (Å²) in [6.45, 7) is 3.79. The molecule has 0 N–H and O–H groups in total. The summed E-state index contributed by atoms with van der Waals surface area (Å²) in [5.74, 6) is 1.35. The number of hydrogen-bond donors (Lipinski definition) is 0. The van der Waals surface area contributed by atoms with E-state index in [2.05, 4.69) is 0 Å². The van der Waals surface area contributed by atoms with E-state index in [1.165, 1.54) is 0 Å². The highest BCUT2D eigenvalue weighted by molar-refractivity contribution is 5.88. The van der Waals surface area contributed by atoms with Crippen LogP contribution in [-0.2, 0) is 0 Å². The fourth-order valence-electron chi connectivity index (χ4n) is 5.22. The maximum absolute atomic E-state index is 6.86. The number of rotatable bonds is 2. The molecule has 0 amide bonds. The van der Waals surface area contributed by atoms with Gasteiger partial charge in [0.05, 0.1) is 33.9 Å². The minimum atomic E-state index is -2.25. The Hall–Kier alpha value is -6.16. The molecule has 0 atom stereocenters. The Bertz CT molecular complexity index is 1950. The molecular formula is C35H26N6O4. The van der Waals surface area contributed by atoms with Crippen molar-refractivity contribution in [2.24, 2.45) is 9.98 Å². The quantitative estimate of drug-likeness (QED) is 0.214. The molecule has 8 rings (SSSR count). The Balaban J connectivity index is 1.41. The highest BCUT2D eigenvalue weighted by Crippen LogP contribution is 2.41. The number of benzene rings is 4. The second kappa shape index (κ2) is 10.5. The zero-order valence-corrected chi connectivity index (χ0v) is 24.4. The predicted molar refractivity (Wildman–Crippen MR) is 169 cm³/mol. The summed E-state index contributed by atoms with van der Waals surface area (Å²) in [5.41, 5.74) is 5.25. The fraction of sp³-hybridized carbons (Fsp3) is 0.0857. The first-order chi connectivity index (χ1) is 22.1. The van der Waals surface area contributed by atoms with Gasteiger partial charge in [-0.15, -0.1) is 0 Å². The van der Waals surface area contributed by atoms with Crippen molar-refractivity contribution in [2.45, 2.75) is 20.0 Å². The number of fused-ring (bicyclic) bond motifs is 4. The normalized spacial score (nSPS) is 16.4. The van der Waals surface area contributed by atoms with Crippen molar-refractivity contribution < 1.29 is 18.9 Å². The van der Waals surface area contributed by atoms with Crippen molar-refractivity contribution >= 4 is 23.8 Å². The third-order valence-electron chi connectivity index (χ3n) is 7.44. The minimum Gasteiger partial charge on any atom is -0.384 e. The van der Waals surface area contributed by atoms with Crippen LogP contribution in [0.5, 0.6) is 23.3 Å². The molecule has 0 aliphatic carbocycles. The van der Waals surface area contributed by atoms with E-state index in [1.807, 2.05) is 111 Å². The maximum atomic E-state index is 6.86. The van der Waals surface area contributed by atoms with Gasteiger partial charge in [0, 0.05) is 12.4 Å². The first-order valence-corrected chi connectivity index (χ1v) is 14.4. The summed E-state index contributed by atoms with van der Waals surface area (Å²) in [4.78, 5) is 9.55. The molecule has 220 valence electrons. The van der Waals surface area contributed by atoms with Crippen LogP contribution in [-0.4, -0.2) is 38.1 Å². The van der Waals surface area contributed by atoms with E-state index >= 15 is 0 Å². The summed E-state index contributed by atoms with van der Waals surface area (Å²) < 4.78 is 30.5. The number of aliphatic imine (C=N–C) groups is 2. The standard InChI is InChI=1S/C35H26N6O4/c1-23-27-21-36-29-17-9-11-19-31(29)42-35(44-33(27)40(38-23)25-13-5-3-6-14-25)43-32-20-12-10-18-30(32)37-22-28-24(2)39-41(34(28)45-35)26-15-7-4-8-16-26/h3-22H,1-2H3. The number of aryl methyl sites for hydroxylation is 2. The maximum Gasteiger partial charge on any atom is 0.613 e. The molecule has 4 heterocycles. The molecule has 2 aliphatic heterocycles. The molecule has 1 spiro atoms. The molecule has 0 radical (unpaired) electrons. The third kappa shape index (κ3) is 4.69. The first-order valence-electron chi connectivity index (χ1n) is 14.4. The molecule has 0 saturated carbocycles. The van der Waals surface area contributed by atoms with E-state index in [0.717, 1.165) is 11.4 Å². The van der Waals surface area contributed by atoms with Crippen LogP contribution in [0.15, 0.2) is 119 Å². The van der Waals surface area contributed by atoms with E-state index in [4.69, 9.17) is 39.1 Å². The summed E-state index contributed by atoms with van der Waals surface area (Å²) in [6.07, 6.45) is 1.18. The highest BCUT2D eigenvalue weighted by Gasteiger charge is 2.49. The number of para-hydroxylation sites is 6. The number of nitrogens with zero attached hydrogens (tertiary/aromatic N) is 6. The van der Waals surface area contributed by atoms with Crippen LogP contribution in [0.2, 0.25) is 0 Å². The predicted octanol–water partition coefficient (Wildman–Crippen LogP) is 7.03. The SMILES string of the molecule is Cc1nn(-c2ccccc2)c2c1C=Nc1ccccc1OC1(Oc3ccccc3N=Cc3c(C)nn(-c4ccccc4)c3O1)O2. The summed E-state index contributed by atoms with van der Waals surface area (Å²) in [5, 5.41) is 9.64. The lowest BCUT2D eigenvalue weighted by molar-refractivity contribution is -0.369. The Labute approximate surface area is 258 Å². The third-order valence-corrected chi connectivity index (χ3v) is 7.44. The Morgan fingerprint density at radius 3 is 1.33 bits per heavy atom. The molecule has 0 fully saturated rings. The number of ether oxygens (including phenoxy) is 4. The van der Waals surface area contributed by atoms with Crippen molar-refractivity contribution in [1.29, 1.82) is 0 Å². The Morgan fingerprint density at radius 2 is 0.889 bits per heavy atom. The molecular weight excluding hydrogens is 568 g/mol. The van der Waals surface area contributed by atoms with Crippen molar-refractivity contribution in [3.63, 3.8) is 0 Å². The van der Waals surface area contributed by atoms with Crippen LogP contribution >= 0.6 is 0 Å². The fourth-order valence-corrected chi connectivity index (χ4v) is 5.22. The largest absolute Gasteiger partial charge is 0.613 e. The van der Waals surface area contributed by atoms with Gasteiger partial charge in [-0.1, -0.05) is 60.7 Å². The molecule has 0 saturated heterocycles. The molecule has 10 heteroatoms. The van der Waals surface area contributed by atoms with Gasteiger partial charge in [0.15, 0.2) is 11.5 Å². The molecule has 2 aliphatic rings. The minimum absolute atomic E-state index is 0.303. The van der Waals surface area contributed by atoms with Crippen LogP contribution in [0, 0.1) is 13.8 Å².